The van der Waals surface area contributed by atoms with Crippen LogP contribution in [0.3, 0.4) is 0 Å². The molecule has 4 rings (SSSR count). The molecule has 2 saturated heterocycles. The normalized spacial score (nSPS) is 21.8. The van der Waals surface area contributed by atoms with Crippen LogP contribution in [-0.2, 0) is 27.8 Å². The van der Waals surface area contributed by atoms with Gasteiger partial charge in [0.1, 0.15) is 0 Å². The molecule has 31 heavy (non-hydrogen) atoms. The van der Waals surface area contributed by atoms with E-state index < -0.39 is 17.2 Å². The number of hydrogen-bond acceptors (Lipinski definition) is 5. The minimum Gasteiger partial charge on any atom is -0.381 e. The number of carbonyl (C=O) groups is 1. The fourth-order valence-corrected chi connectivity index (χ4v) is 4.48. The van der Waals surface area contributed by atoms with E-state index >= 15 is 0 Å². The SMILES string of the molecule is CC(C)(C)n1nnnc1C1CC2(CCOCC2)C(=O)N1Cc1ccc(C(F)(F)F)cc1. The van der Waals surface area contributed by atoms with E-state index in [1.807, 2.05) is 20.8 Å². The molecule has 3 heterocycles. The maximum atomic E-state index is 13.6. The van der Waals surface area contributed by atoms with Crippen LogP contribution in [0.2, 0.25) is 0 Å². The number of tetrazole rings is 1. The Hall–Kier alpha value is -2.49. The molecule has 2 aromatic rings. The number of halogens is 3. The molecule has 0 aliphatic carbocycles. The molecular weight excluding hydrogens is 411 g/mol. The summed E-state index contributed by atoms with van der Waals surface area (Å²) in [7, 11) is 0. The molecule has 0 saturated carbocycles. The van der Waals surface area contributed by atoms with Gasteiger partial charge in [0, 0.05) is 19.8 Å². The summed E-state index contributed by atoms with van der Waals surface area (Å²) in [6.45, 7) is 7.16. The van der Waals surface area contributed by atoms with E-state index in [9.17, 15) is 18.0 Å². The van der Waals surface area contributed by atoms with E-state index in [0.717, 1.165) is 12.1 Å². The minimum atomic E-state index is -4.40. The van der Waals surface area contributed by atoms with Gasteiger partial charge in [-0.1, -0.05) is 12.1 Å². The number of hydrogen-bond donors (Lipinski definition) is 0. The van der Waals surface area contributed by atoms with Crippen LogP contribution < -0.4 is 0 Å². The number of carbonyl (C=O) groups excluding carboxylic acids is 1. The maximum Gasteiger partial charge on any atom is 0.416 e. The van der Waals surface area contributed by atoms with Crippen molar-refractivity contribution in [2.24, 2.45) is 5.41 Å². The molecule has 2 aliphatic rings. The van der Waals surface area contributed by atoms with E-state index in [4.69, 9.17) is 4.74 Å². The molecule has 168 valence electrons. The highest BCUT2D eigenvalue weighted by atomic mass is 19.4. The molecule has 0 radical (unpaired) electrons. The lowest BCUT2D eigenvalue weighted by atomic mass is 9.77. The summed E-state index contributed by atoms with van der Waals surface area (Å²) in [6, 6.07) is 4.59. The fraction of sp³-hybridized carbons (Fsp3) is 0.619. The van der Waals surface area contributed by atoms with Gasteiger partial charge in [-0.05, 0) is 68.2 Å². The Kier molecular flexibility index (Phi) is 5.31. The second-order valence-electron chi connectivity index (χ2n) is 9.36. The van der Waals surface area contributed by atoms with E-state index in [0.29, 0.717) is 43.9 Å². The van der Waals surface area contributed by atoms with E-state index in [2.05, 4.69) is 15.5 Å². The Morgan fingerprint density at radius 1 is 1.13 bits per heavy atom. The van der Waals surface area contributed by atoms with Crippen LogP contribution in [0.15, 0.2) is 24.3 Å². The Morgan fingerprint density at radius 3 is 2.35 bits per heavy atom. The average molecular weight is 437 g/mol. The van der Waals surface area contributed by atoms with E-state index in [-0.39, 0.29) is 24.0 Å². The fourth-order valence-electron chi connectivity index (χ4n) is 4.48. The number of alkyl halides is 3. The van der Waals surface area contributed by atoms with Crippen LogP contribution >= 0.6 is 0 Å². The molecule has 0 N–H and O–H groups in total. The first-order chi connectivity index (χ1) is 14.5. The molecule has 1 unspecified atom stereocenters. The Morgan fingerprint density at radius 2 is 1.77 bits per heavy atom. The van der Waals surface area contributed by atoms with Crippen LogP contribution in [-0.4, -0.2) is 44.2 Å². The molecule has 0 bridgehead atoms. The number of ether oxygens (including phenoxy) is 1. The number of aromatic nitrogens is 4. The highest BCUT2D eigenvalue weighted by Crippen LogP contribution is 2.50. The predicted molar refractivity (Wildman–Crippen MR) is 105 cm³/mol. The summed E-state index contributed by atoms with van der Waals surface area (Å²) in [6.07, 6.45) is -2.61. The van der Waals surface area contributed by atoms with Gasteiger partial charge in [0.15, 0.2) is 5.82 Å². The predicted octanol–water partition coefficient (Wildman–Crippen LogP) is 3.72. The Bertz CT molecular complexity index is 943. The molecule has 1 aromatic carbocycles. The van der Waals surface area contributed by atoms with E-state index in [1.54, 1.807) is 9.58 Å². The number of benzene rings is 1. The third-order valence-electron chi connectivity index (χ3n) is 6.19. The highest BCUT2D eigenvalue weighted by molar-refractivity contribution is 5.85. The van der Waals surface area contributed by atoms with Gasteiger partial charge in [-0.3, -0.25) is 4.79 Å². The second kappa shape index (κ2) is 7.58. The number of amides is 1. The van der Waals surface area contributed by atoms with Gasteiger partial charge in [-0.25, -0.2) is 4.68 Å². The number of rotatable bonds is 3. The third-order valence-corrected chi connectivity index (χ3v) is 6.19. The Balaban J connectivity index is 1.69. The number of likely N-dealkylation sites (tertiary alicyclic amines) is 1. The molecule has 10 heteroatoms. The zero-order valence-corrected chi connectivity index (χ0v) is 17.8. The van der Waals surface area contributed by atoms with Crippen molar-refractivity contribution in [1.82, 2.24) is 25.1 Å². The topological polar surface area (TPSA) is 73.1 Å². The van der Waals surface area contributed by atoms with Crippen molar-refractivity contribution in [2.75, 3.05) is 13.2 Å². The summed E-state index contributed by atoms with van der Waals surface area (Å²) in [5.74, 6) is 0.584. The molecule has 2 aliphatic heterocycles. The van der Waals surface area contributed by atoms with Gasteiger partial charge < -0.3 is 9.64 Å². The Labute approximate surface area is 178 Å². The first-order valence-electron chi connectivity index (χ1n) is 10.3. The first kappa shape index (κ1) is 21.7. The maximum absolute atomic E-state index is 13.6. The molecular formula is C21H26F3N5O2. The summed E-state index contributed by atoms with van der Waals surface area (Å²) < 4.78 is 46.0. The van der Waals surface area contributed by atoms with Crippen molar-refractivity contribution < 1.29 is 22.7 Å². The van der Waals surface area contributed by atoms with Gasteiger partial charge >= 0.3 is 6.18 Å². The van der Waals surface area contributed by atoms with Crippen LogP contribution in [0, 0.1) is 5.41 Å². The second-order valence-corrected chi connectivity index (χ2v) is 9.36. The standard InChI is InChI=1S/C21H26F3N5O2/c1-19(2,3)29-17(25-26-27-29)16-12-20(8-10-31-11-9-20)18(30)28(16)13-14-4-6-15(7-5-14)21(22,23)24/h4-7,16H,8-13H2,1-3H3. The van der Waals surface area contributed by atoms with Crippen LogP contribution in [0.4, 0.5) is 13.2 Å². The molecule has 7 nitrogen and oxygen atoms in total. The lowest BCUT2D eigenvalue weighted by Gasteiger charge is -2.31. The molecule has 2 fully saturated rings. The zero-order chi connectivity index (χ0) is 22.4. The highest BCUT2D eigenvalue weighted by Gasteiger charge is 2.54. The van der Waals surface area contributed by atoms with Crippen molar-refractivity contribution in [3.63, 3.8) is 0 Å². The van der Waals surface area contributed by atoms with Gasteiger partial charge in [0.25, 0.3) is 0 Å². The van der Waals surface area contributed by atoms with E-state index in [1.165, 1.54) is 12.1 Å². The largest absolute Gasteiger partial charge is 0.416 e. The third kappa shape index (κ3) is 4.05. The van der Waals surface area contributed by atoms with Gasteiger partial charge in [0.05, 0.1) is 22.6 Å². The van der Waals surface area contributed by atoms with Crippen molar-refractivity contribution in [3.05, 3.63) is 41.2 Å². The molecule has 1 spiro atoms. The van der Waals surface area contributed by atoms with Crippen LogP contribution in [0.5, 0.6) is 0 Å². The lowest BCUT2D eigenvalue weighted by Crippen LogP contribution is -2.39. The summed E-state index contributed by atoms with van der Waals surface area (Å²) >= 11 is 0. The van der Waals surface area contributed by atoms with Gasteiger partial charge in [0.2, 0.25) is 5.91 Å². The van der Waals surface area contributed by atoms with Crippen molar-refractivity contribution >= 4 is 5.91 Å². The molecule has 1 amide bonds. The minimum absolute atomic E-state index is 0.0100. The quantitative estimate of drug-likeness (QED) is 0.732. The summed E-state index contributed by atoms with van der Waals surface area (Å²) in [5, 5.41) is 12.2. The lowest BCUT2D eigenvalue weighted by molar-refractivity contribution is -0.142. The zero-order valence-electron chi connectivity index (χ0n) is 17.8. The molecule has 1 aromatic heterocycles. The average Bonchev–Trinajstić information content (AvgIpc) is 3.28. The van der Waals surface area contributed by atoms with Crippen molar-refractivity contribution in [3.8, 4) is 0 Å². The molecule has 1 atom stereocenters. The summed E-state index contributed by atoms with van der Waals surface area (Å²) in [5.41, 5.74) is -1.01. The monoisotopic (exact) mass is 437 g/mol. The van der Waals surface area contributed by atoms with Crippen molar-refractivity contribution in [1.29, 1.82) is 0 Å². The van der Waals surface area contributed by atoms with Crippen LogP contribution in [0.25, 0.3) is 0 Å². The first-order valence-corrected chi connectivity index (χ1v) is 10.3. The van der Waals surface area contributed by atoms with Crippen LogP contribution in [0.1, 0.15) is 63.0 Å². The number of nitrogens with zero attached hydrogens (tertiary/aromatic N) is 5. The smallest absolute Gasteiger partial charge is 0.381 e. The summed E-state index contributed by atoms with van der Waals surface area (Å²) in [4.78, 5) is 15.3. The van der Waals surface area contributed by atoms with Crippen molar-refractivity contribution in [2.45, 2.75) is 64.3 Å². The van der Waals surface area contributed by atoms with Gasteiger partial charge in [-0.2, -0.15) is 13.2 Å². The van der Waals surface area contributed by atoms with Gasteiger partial charge in [-0.15, -0.1) is 5.10 Å².